The summed E-state index contributed by atoms with van der Waals surface area (Å²) in [5.74, 6) is -0.538. The Kier molecular flexibility index (Phi) is 3.24. The van der Waals surface area contributed by atoms with Gasteiger partial charge in [-0.25, -0.2) is 4.98 Å². The Labute approximate surface area is 102 Å². The molecule has 0 spiro atoms. The monoisotopic (exact) mass is 246 g/mol. The Hall–Kier alpha value is -2.08. The van der Waals surface area contributed by atoms with Crippen LogP contribution >= 0.6 is 11.8 Å². The van der Waals surface area contributed by atoms with Crippen molar-refractivity contribution < 1.29 is 4.79 Å². The topological polar surface area (TPSA) is 94.9 Å². The van der Waals surface area contributed by atoms with E-state index in [0.717, 1.165) is 4.90 Å². The first kappa shape index (κ1) is 11.4. The maximum Gasteiger partial charge on any atom is 0.250 e. The highest BCUT2D eigenvalue weighted by atomic mass is 32.2. The third kappa shape index (κ3) is 2.54. The first-order valence-electron chi connectivity index (χ1n) is 4.80. The predicted octanol–water partition coefficient (Wildman–Crippen LogP) is 1.31. The molecule has 2 aromatic rings. The average Bonchev–Trinajstić information content (AvgIpc) is 2.33. The second kappa shape index (κ2) is 4.84. The number of primary amides is 1. The van der Waals surface area contributed by atoms with E-state index in [1.807, 2.05) is 0 Å². The van der Waals surface area contributed by atoms with Crippen LogP contribution in [0.4, 0.5) is 5.69 Å². The quantitative estimate of drug-likeness (QED) is 0.796. The summed E-state index contributed by atoms with van der Waals surface area (Å²) in [6.45, 7) is 0. The van der Waals surface area contributed by atoms with Gasteiger partial charge in [0.15, 0.2) is 0 Å². The highest BCUT2D eigenvalue weighted by Gasteiger charge is 2.10. The SMILES string of the molecule is NC(=O)c1cccc(Sc2cnccn2)c1N. The molecule has 0 saturated carbocycles. The van der Waals surface area contributed by atoms with Crippen molar-refractivity contribution >= 4 is 23.4 Å². The maximum atomic E-state index is 11.1. The van der Waals surface area contributed by atoms with Crippen molar-refractivity contribution in [2.75, 3.05) is 5.73 Å². The van der Waals surface area contributed by atoms with Crippen LogP contribution in [-0.2, 0) is 0 Å². The molecule has 0 bridgehead atoms. The van der Waals surface area contributed by atoms with Gasteiger partial charge in [0, 0.05) is 17.3 Å². The molecule has 17 heavy (non-hydrogen) atoms. The van der Waals surface area contributed by atoms with Gasteiger partial charge in [-0.2, -0.15) is 0 Å². The lowest BCUT2D eigenvalue weighted by Gasteiger charge is -2.07. The van der Waals surface area contributed by atoms with Gasteiger partial charge in [0.05, 0.1) is 17.4 Å². The molecule has 2 rings (SSSR count). The molecule has 1 aromatic carbocycles. The molecule has 4 N–H and O–H groups in total. The lowest BCUT2D eigenvalue weighted by molar-refractivity contribution is 0.100. The number of benzene rings is 1. The van der Waals surface area contributed by atoms with E-state index in [1.54, 1.807) is 36.8 Å². The standard InChI is InChI=1S/C11H10N4OS/c12-10-7(11(13)16)2-1-3-8(10)17-9-6-14-4-5-15-9/h1-6H,12H2,(H2,13,16). The number of nitrogens with zero attached hydrogens (tertiary/aromatic N) is 2. The number of nitrogens with two attached hydrogens (primary N) is 2. The summed E-state index contributed by atoms with van der Waals surface area (Å²) in [6, 6.07) is 5.13. The molecule has 0 aliphatic carbocycles. The summed E-state index contributed by atoms with van der Waals surface area (Å²) < 4.78 is 0. The minimum atomic E-state index is -0.538. The summed E-state index contributed by atoms with van der Waals surface area (Å²) in [4.78, 5) is 19.9. The normalized spacial score (nSPS) is 10.1. The molecule has 0 aliphatic rings. The number of nitrogen functional groups attached to an aromatic ring is 1. The lowest BCUT2D eigenvalue weighted by atomic mass is 10.2. The minimum absolute atomic E-state index is 0.318. The van der Waals surface area contributed by atoms with Crippen molar-refractivity contribution in [2.45, 2.75) is 9.92 Å². The molecular formula is C11H10N4OS. The number of para-hydroxylation sites is 1. The van der Waals surface area contributed by atoms with E-state index in [1.165, 1.54) is 11.8 Å². The van der Waals surface area contributed by atoms with Crippen LogP contribution in [0.15, 0.2) is 46.7 Å². The molecule has 6 heteroatoms. The second-order valence-corrected chi connectivity index (χ2v) is 4.29. The van der Waals surface area contributed by atoms with Crippen LogP contribution in [0, 0.1) is 0 Å². The van der Waals surface area contributed by atoms with Crippen LogP contribution in [0.5, 0.6) is 0 Å². The van der Waals surface area contributed by atoms with Crippen molar-refractivity contribution in [3.8, 4) is 0 Å². The third-order valence-corrected chi connectivity index (χ3v) is 3.08. The van der Waals surface area contributed by atoms with E-state index in [4.69, 9.17) is 11.5 Å². The van der Waals surface area contributed by atoms with Gasteiger partial charge in [0.1, 0.15) is 5.03 Å². The van der Waals surface area contributed by atoms with Crippen molar-refractivity contribution in [1.29, 1.82) is 0 Å². The van der Waals surface area contributed by atoms with Gasteiger partial charge in [0.25, 0.3) is 5.91 Å². The van der Waals surface area contributed by atoms with Crippen molar-refractivity contribution in [2.24, 2.45) is 5.73 Å². The van der Waals surface area contributed by atoms with Gasteiger partial charge in [-0.1, -0.05) is 17.8 Å². The Balaban J connectivity index is 2.34. The molecule has 5 nitrogen and oxygen atoms in total. The minimum Gasteiger partial charge on any atom is -0.397 e. The average molecular weight is 246 g/mol. The first-order valence-corrected chi connectivity index (χ1v) is 5.62. The molecule has 0 fully saturated rings. The highest BCUT2D eigenvalue weighted by Crippen LogP contribution is 2.31. The van der Waals surface area contributed by atoms with Gasteiger partial charge < -0.3 is 11.5 Å². The number of amides is 1. The zero-order chi connectivity index (χ0) is 12.3. The Morgan fingerprint density at radius 2 is 2.12 bits per heavy atom. The van der Waals surface area contributed by atoms with Crippen LogP contribution in [0.3, 0.4) is 0 Å². The number of hydrogen-bond acceptors (Lipinski definition) is 5. The number of hydrogen-bond donors (Lipinski definition) is 2. The fourth-order valence-corrected chi connectivity index (χ4v) is 2.12. The number of aromatic nitrogens is 2. The zero-order valence-corrected chi connectivity index (χ0v) is 9.65. The molecule has 0 saturated heterocycles. The third-order valence-electron chi connectivity index (χ3n) is 2.09. The summed E-state index contributed by atoms with van der Waals surface area (Å²) in [6.07, 6.45) is 4.81. The summed E-state index contributed by atoms with van der Waals surface area (Å²) >= 11 is 1.34. The van der Waals surface area contributed by atoms with E-state index in [0.29, 0.717) is 16.3 Å². The molecule has 0 atom stereocenters. The molecule has 1 aromatic heterocycles. The van der Waals surface area contributed by atoms with Crippen LogP contribution in [0.2, 0.25) is 0 Å². The fraction of sp³-hybridized carbons (Fsp3) is 0. The lowest BCUT2D eigenvalue weighted by Crippen LogP contribution is -2.13. The molecule has 1 amide bonds. The smallest absolute Gasteiger partial charge is 0.250 e. The maximum absolute atomic E-state index is 11.1. The Bertz CT molecular complexity index is 544. The molecule has 0 aliphatic heterocycles. The number of carbonyl (C=O) groups is 1. The largest absolute Gasteiger partial charge is 0.397 e. The Morgan fingerprint density at radius 3 is 2.76 bits per heavy atom. The van der Waals surface area contributed by atoms with Crippen molar-refractivity contribution in [1.82, 2.24) is 9.97 Å². The van der Waals surface area contributed by atoms with Gasteiger partial charge >= 0.3 is 0 Å². The summed E-state index contributed by atoms with van der Waals surface area (Å²) in [7, 11) is 0. The van der Waals surface area contributed by atoms with E-state index in [2.05, 4.69) is 9.97 Å². The van der Waals surface area contributed by atoms with Crippen LogP contribution in [0.25, 0.3) is 0 Å². The number of rotatable bonds is 3. The summed E-state index contributed by atoms with van der Waals surface area (Å²) in [5, 5.41) is 0.709. The fourth-order valence-electron chi connectivity index (χ4n) is 1.30. The Morgan fingerprint density at radius 1 is 1.29 bits per heavy atom. The highest BCUT2D eigenvalue weighted by molar-refractivity contribution is 7.99. The molecule has 0 unspecified atom stereocenters. The molecule has 0 radical (unpaired) electrons. The molecule has 86 valence electrons. The molecular weight excluding hydrogens is 236 g/mol. The number of carbonyl (C=O) groups excluding carboxylic acids is 1. The zero-order valence-electron chi connectivity index (χ0n) is 8.83. The van der Waals surface area contributed by atoms with E-state index in [9.17, 15) is 4.79 Å². The van der Waals surface area contributed by atoms with Crippen LogP contribution in [0.1, 0.15) is 10.4 Å². The van der Waals surface area contributed by atoms with Crippen molar-refractivity contribution in [3.63, 3.8) is 0 Å². The van der Waals surface area contributed by atoms with Gasteiger partial charge in [-0.3, -0.25) is 9.78 Å². The van der Waals surface area contributed by atoms with Gasteiger partial charge in [-0.15, -0.1) is 0 Å². The predicted molar refractivity (Wildman–Crippen MR) is 65.5 cm³/mol. The van der Waals surface area contributed by atoms with E-state index in [-0.39, 0.29) is 0 Å². The van der Waals surface area contributed by atoms with E-state index < -0.39 is 5.91 Å². The van der Waals surface area contributed by atoms with Crippen LogP contribution < -0.4 is 11.5 Å². The summed E-state index contributed by atoms with van der Waals surface area (Å²) in [5.41, 5.74) is 11.8. The van der Waals surface area contributed by atoms with E-state index >= 15 is 0 Å². The first-order chi connectivity index (χ1) is 8.18. The second-order valence-electron chi connectivity index (χ2n) is 3.23. The van der Waals surface area contributed by atoms with Crippen LogP contribution in [-0.4, -0.2) is 15.9 Å². The number of anilines is 1. The van der Waals surface area contributed by atoms with Gasteiger partial charge in [0.2, 0.25) is 0 Å². The van der Waals surface area contributed by atoms with Crippen molar-refractivity contribution in [3.05, 3.63) is 42.4 Å². The van der Waals surface area contributed by atoms with Gasteiger partial charge in [-0.05, 0) is 12.1 Å². The molecule has 1 heterocycles.